The van der Waals surface area contributed by atoms with E-state index in [1.807, 2.05) is 18.2 Å². The van der Waals surface area contributed by atoms with Crippen molar-refractivity contribution in [3.63, 3.8) is 0 Å². The third kappa shape index (κ3) is 2.62. The third-order valence-electron chi connectivity index (χ3n) is 2.74. The largest absolute Gasteiger partial charge is 0.333 e. The number of benzene rings is 1. The average molecular weight is 286 g/mol. The summed E-state index contributed by atoms with van der Waals surface area (Å²) in [5, 5.41) is 11.4. The van der Waals surface area contributed by atoms with Crippen LogP contribution in [0.3, 0.4) is 0 Å². The van der Waals surface area contributed by atoms with Crippen molar-refractivity contribution in [3.05, 3.63) is 58.4 Å². The van der Waals surface area contributed by atoms with Gasteiger partial charge < -0.3 is 4.98 Å². The van der Waals surface area contributed by atoms with Gasteiger partial charge in [-0.1, -0.05) is 17.8 Å². The molecule has 1 N–H and O–H groups in total. The molecule has 2 aromatic heterocycles. The molecule has 0 atom stereocenters. The molecular formula is C13H10N4O2S. The van der Waals surface area contributed by atoms with Crippen LogP contribution in [0, 0.1) is 10.1 Å². The average Bonchev–Trinajstić information content (AvgIpc) is 2.88. The number of hydrogen-bond donors (Lipinski definition) is 1. The number of rotatable bonds is 4. The fraction of sp³-hybridized carbons (Fsp3) is 0.0769. The summed E-state index contributed by atoms with van der Waals surface area (Å²) in [5.74, 6) is 0.697. The quantitative estimate of drug-likeness (QED) is 0.452. The van der Waals surface area contributed by atoms with E-state index in [4.69, 9.17) is 0 Å². The first kappa shape index (κ1) is 12.6. The normalized spacial score (nSPS) is 10.8. The van der Waals surface area contributed by atoms with Gasteiger partial charge in [0.2, 0.25) is 0 Å². The summed E-state index contributed by atoms with van der Waals surface area (Å²) in [5.41, 5.74) is 2.41. The van der Waals surface area contributed by atoms with Crippen LogP contribution in [0.15, 0.2) is 47.8 Å². The van der Waals surface area contributed by atoms with Crippen molar-refractivity contribution in [1.29, 1.82) is 0 Å². The number of nitrogens with one attached hydrogen (secondary N) is 1. The van der Waals surface area contributed by atoms with Gasteiger partial charge in [-0.05, 0) is 18.2 Å². The van der Waals surface area contributed by atoms with E-state index in [1.165, 1.54) is 23.9 Å². The van der Waals surface area contributed by atoms with Crippen molar-refractivity contribution < 1.29 is 4.92 Å². The highest BCUT2D eigenvalue weighted by Gasteiger charge is 2.10. The lowest BCUT2D eigenvalue weighted by Crippen LogP contribution is -1.86. The second-order valence-electron chi connectivity index (χ2n) is 4.11. The van der Waals surface area contributed by atoms with Gasteiger partial charge in [0.1, 0.15) is 0 Å². The van der Waals surface area contributed by atoms with Gasteiger partial charge in [0.15, 0.2) is 5.16 Å². The summed E-state index contributed by atoms with van der Waals surface area (Å²) in [7, 11) is 0. The molecule has 100 valence electrons. The number of aromatic nitrogens is 3. The van der Waals surface area contributed by atoms with E-state index in [0.29, 0.717) is 11.3 Å². The second-order valence-corrected chi connectivity index (χ2v) is 5.07. The van der Waals surface area contributed by atoms with Gasteiger partial charge in [-0.3, -0.25) is 15.1 Å². The lowest BCUT2D eigenvalue weighted by atomic mass is 10.3. The van der Waals surface area contributed by atoms with Crippen LogP contribution in [0.5, 0.6) is 0 Å². The molecule has 1 aromatic carbocycles. The highest BCUT2D eigenvalue weighted by atomic mass is 32.2. The van der Waals surface area contributed by atoms with Gasteiger partial charge >= 0.3 is 0 Å². The van der Waals surface area contributed by atoms with Gasteiger partial charge in [0.05, 0.1) is 21.7 Å². The number of hydrogen-bond acceptors (Lipinski definition) is 5. The van der Waals surface area contributed by atoms with Gasteiger partial charge in [-0.25, -0.2) is 4.98 Å². The van der Waals surface area contributed by atoms with Crippen LogP contribution in [-0.2, 0) is 5.75 Å². The molecule has 0 saturated heterocycles. The molecule has 0 amide bonds. The van der Waals surface area contributed by atoms with E-state index < -0.39 is 4.92 Å². The fourth-order valence-electron chi connectivity index (χ4n) is 1.78. The Kier molecular flexibility index (Phi) is 3.34. The first-order valence-corrected chi connectivity index (χ1v) is 6.88. The van der Waals surface area contributed by atoms with Crippen LogP contribution in [0.25, 0.3) is 11.0 Å². The number of thioether (sulfide) groups is 1. The Morgan fingerprint density at radius 1 is 1.30 bits per heavy atom. The van der Waals surface area contributed by atoms with Crippen molar-refractivity contribution in [1.82, 2.24) is 15.0 Å². The standard InChI is InChI=1S/C13H10N4O2S/c18-17(19)10-4-5-11-12(7-10)16-13(15-11)20-8-9-3-1-2-6-14-9/h1-7H,8H2,(H,15,16). The third-order valence-corrected chi connectivity index (χ3v) is 3.64. The van der Waals surface area contributed by atoms with Crippen LogP contribution in [0.4, 0.5) is 5.69 Å². The maximum atomic E-state index is 10.7. The van der Waals surface area contributed by atoms with E-state index in [2.05, 4.69) is 15.0 Å². The molecule has 20 heavy (non-hydrogen) atoms. The molecule has 0 spiro atoms. The number of nitrogens with zero attached hydrogens (tertiary/aromatic N) is 3. The van der Waals surface area contributed by atoms with E-state index in [1.54, 1.807) is 12.3 Å². The number of nitro benzene ring substituents is 1. The van der Waals surface area contributed by atoms with E-state index in [9.17, 15) is 10.1 Å². The summed E-state index contributed by atoms with van der Waals surface area (Å²) >= 11 is 1.51. The number of fused-ring (bicyclic) bond motifs is 1. The molecule has 7 heteroatoms. The molecule has 2 heterocycles. The van der Waals surface area contributed by atoms with Crippen LogP contribution < -0.4 is 0 Å². The SMILES string of the molecule is O=[N+]([O-])c1ccc2nc(SCc3ccccn3)[nH]c2c1. The zero-order chi connectivity index (χ0) is 13.9. The van der Waals surface area contributed by atoms with Crippen LogP contribution >= 0.6 is 11.8 Å². The maximum absolute atomic E-state index is 10.7. The monoisotopic (exact) mass is 286 g/mol. The van der Waals surface area contributed by atoms with Crippen molar-refractivity contribution in [2.24, 2.45) is 0 Å². The van der Waals surface area contributed by atoms with Crippen LogP contribution in [0.2, 0.25) is 0 Å². The number of non-ortho nitro benzene ring substituents is 1. The van der Waals surface area contributed by atoms with Crippen molar-refractivity contribution >= 4 is 28.5 Å². The maximum Gasteiger partial charge on any atom is 0.271 e. The first-order valence-electron chi connectivity index (χ1n) is 5.89. The minimum atomic E-state index is -0.416. The van der Waals surface area contributed by atoms with E-state index in [-0.39, 0.29) is 5.69 Å². The van der Waals surface area contributed by atoms with E-state index in [0.717, 1.165) is 16.4 Å². The van der Waals surface area contributed by atoms with Gasteiger partial charge in [-0.15, -0.1) is 0 Å². The Hall–Kier alpha value is -2.41. The Balaban J connectivity index is 1.80. The minimum absolute atomic E-state index is 0.0578. The van der Waals surface area contributed by atoms with Crippen LogP contribution in [0.1, 0.15) is 5.69 Å². The lowest BCUT2D eigenvalue weighted by molar-refractivity contribution is -0.384. The molecule has 0 bridgehead atoms. The number of nitro groups is 1. The first-order chi connectivity index (χ1) is 9.72. The van der Waals surface area contributed by atoms with Crippen molar-refractivity contribution in [2.75, 3.05) is 0 Å². The molecule has 0 unspecified atom stereocenters. The number of imidazole rings is 1. The van der Waals surface area contributed by atoms with Gasteiger partial charge in [0, 0.05) is 24.1 Å². The summed E-state index contributed by atoms with van der Waals surface area (Å²) in [6.07, 6.45) is 1.75. The molecule has 3 rings (SSSR count). The number of H-pyrrole nitrogens is 1. The highest BCUT2D eigenvalue weighted by Crippen LogP contribution is 2.24. The fourth-order valence-corrected chi connectivity index (χ4v) is 2.58. The Labute approximate surface area is 118 Å². The Morgan fingerprint density at radius 3 is 2.95 bits per heavy atom. The molecule has 0 saturated carbocycles. The summed E-state index contributed by atoms with van der Waals surface area (Å²) < 4.78 is 0. The second kappa shape index (κ2) is 5.30. The Morgan fingerprint density at radius 2 is 2.20 bits per heavy atom. The van der Waals surface area contributed by atoms with Crippen molar-refractivity contribution in [2.45, 2.75) is 10.9 Å². The van der Waals surface area contributed by atoms with Gasteiger partial charge in [-0.2, -0.15) is 0 Å². The predicted molar refractivity (Wildman–Crippen MR) is 76.5 cm³/mol. The van der Waals surface area contributed by atoms with Gasteiger partial charge in [0.25, 0.3) is 5.69 Å². The van der Waals surface area contributed by atoms with E-state index >= 15 is 0 Å². The Bertz CT molecular complexity index is 757. The van der Waals surface area contributed by atoms with Crippen LogP contribution in [-0.4, -0.2) is 19.9 Å². The van der Waals surface area contributed by atoms with Crippen molar-refractivity contribution in [3.8, 4) is 0 Å². The zero-order valence-electron chi connectivity index (χ0n) is 10.3. The summed E-state index contributed by atoms with van der Waals surface area (Å²) in [4.78, 5) is 22.0. The predicted octanol–water partition coefficient (Wildman–Crippen LogP) is 3.16. The molecule has 0 aliphatic carbocycles. The molecule has 6 nitrogen and oxygen atoms in total. The highest BCUT2D eigenvalue weighted by molar-refractivity contribution is 7.98. The summed E-state index contributed by atoms with van der Waals surface area (Å²) in [6, 6.07) is 10.3. The molecular weight excluding hydrogens is 276 g/mol. The zero-order valence-corrected chi connectivity index (χ0v) is 11.1. The molecule has 0 radical (unpaired) electrons. The topological polar surface area (TPSA) is 84.7 Å². The number of pyridine rings is 1. The lowest BCUT2D eigenvalue weighted by Gasteiger charge is -1.96. The molecule has 0 fully saturated rings. The number of aromatic amines is 1. The smallest absolute Gasteiger partial charge is 0.271 e. The summed E-state index contributed by atoms with van der Waals surface area (Å²) in [6.45, 7) is 0. The molecule has 3 aromatic rings. The molecule has 0 aliphatic rings. The molecule has 0 aliphatic heterocycles. The minimum Gasteiger partial charge on any atom is -0.333 e.